The zero-order valence-corrected chi connectivity index (χ0v) is 15.6. The summed E-state index contributed by atoms with van der Waals surface area (Å²) in [6, 6.07) is 16.3. The number of nitro groups is 1. The first kappa shape index (κ1) is 20.8. The highest BCUT2D eigenvalue weighted by Crippen LogP contribution is 2.32. The summed E-state index contributed by atoms with van der Waals surface area (Å²) in [5.74, 6) is 0.320. The summed E-state index contributed by atoms with van der Waals surface area (Å²) in [5.41, 5.74) is 7.27. The molecule has 0 spiro atoms. The quantitative estimate of drug-likeness (QED) is 0.583. The minimum Gasteiger partial charge on any atom is -0.330 e. The molecule has 0 aromatic heterocycles. The predicted molar refractivity (Wildman–Crippen MR) is 107 cm³/mol. The summed E-state index contributed by atoms with van der Waals surface area (Å²) in [4.78, 5) is 25.0. The van der Waals surface area contributed by atoms with Crippen molar-refractivity contribution < 1.29 is 9.72 Å². The fraction of sp³-hybridized carbons (Fsp3) is 0.316. The largest absolute Gasteiger partial charge is 0.330 e. The summed E-state index contributed by atoms with van der Waals surface area (Å²) in [5, 5.41) is 13.7. The Labute approximate surface area is 164 Å². The highest BCUT2D eigenvalue weighted by atomic mass is 35.5. The van der Waals surface area contributed by atoms with Gasteiger partial charge in [-0.25, -0.2) is 0 Å². The third kappa shape index (κ3) is 5.03. The molecule has 1 fully saturated rings. The molecule has 2 aromatic rings. The van der Waals surface area contributed by atoms with Crippen LogP contribution in [0.1, 0.15) is 11.5 Å². The monoisotopic (exact) mass is 390 g/mol. The van der Waals surface area contributed by atoms with Crippen molar-refractivity contribution in [2.24, 2.45) is 11.7 Å². The van der Waals surface area contributed by atoms with E-state index in [4.69, 9.17) is 5.73 Å². The van der Waals surface area contributed by atoms with Crippen LogP contribution in [0, 0.1) is 16.0 Å². The fourth-order valence-electron chi connectivity index (χ4n) is 3.54. The van der Waals surface area contributed by atoms with Crippen LogP contribution < -0.4 is 11.1 Å². The molecule has 0 bridgehead atoms. The van der Waals surface area contributed by atoms with Crippen LogP contribution in [0.4, 0.5) is 11.4 Å². The van der Waals surface area contributed by atoms with Crippen LogP contribution in [-0.2, 0) is 4.79 Å². The van der Waals surface area contributed by atoms with E-state index in [0.29, 0.717) is 12.5 Å². The number of nitro benzene ring substituents is 1. The van der Waals surface area contributed by atoms with Gasteiger partial charge in [0.2, 0.25) is 5.91 Å². The lowest BCUT2D eigenvalue weighted by Gasteiger charge is -2.16. The van der Waals surface area contributed by atoms with Gasteiger partial charge in [0.1, 0.15) is 5.69 Å². The van der Waals surface area contributed by atoms with Crippen LogP contribution in [-0.4, -0.2) is 41.9 Å². The van der Waals surface area contributed by atoms with E-state index in [9.17, 15) is 14.9 Å². The molecule has 1 amide bonds. The smallest absolute Gasteiger partial charge is 0.292 e. The van der Waals surface area contributed by atoms with Gasteiger partial charge in [-0.15, -0.1) is 12.4 Å². The van der Waals surface area contributed by atoms with Crippen LogP contribution in [0.15, 0.2) is 54.6 Å². The number of likely N-dealkylation sites (tertiary alicyclic amines) is 1. The maximum atomic E-state index is 12.4. The molecule has 1 saturated heterocycles. The third-order valence-electron chi connectivity index (χ3n) is 4.79. The van der Waals surface area contributed by atoms with Crippen molar-refractivity contribution in [2.75, 3.05) is 31.5 Å². The maximum Gasteiger partial charge on any atom is 0.292 e. The molecular weight excluding hydrogens is 368 g/mol. The first-order chi connectivity index (χ1) is 12.6. The van der Waals surface area contributed by atoms with Crippen LogP contribution in [0.3, 0.4) is 0 Å². The van der Waals surface area contributed by atoms with Gasteiger partial charge in [0, 0.05) is 25.1 Å². The molecule has 1 aliphatic heterocycles. The summed E-state index contributed by atoms with van der Waals surface area (Å²) in [7, 11) is 0. The van der Waals surface area contributed by atoms with Crippen LogP contribution in [0.25, 0.3) is 0 Å². The molecule has 0 unspecified atom stereocenters. The highest BCUT2D eigenvalue weighted by molar-refractivity contribution is 5.94. The Bertz CT molecular complexity index is 788. The zero-order valence-electron chi connectivity index (χ0n) is 14.8. The Morgan fingerprint density at radius 2 is 1.81 bits per heavy atom. The van der Waals surface area contributed by atoms with Crippen molar-refractivity contribution >= 4 is 29.7 Å². The van der Waals surface area contributed by atoms with Gasteiger partial charge in [0.05, 0.1) is 11.5 Å². The lowest BCUT2D eigenvalue weighted by atomic mass is 9.89. The van der Waals surface area contributed by atoms with Crippen LogP contribution in [0.5, 0.6) is 0 Å². The van der Waals surface area contributed by atoms with Crippen molar-refractivity contribution in [3.8, 4) is 0 Å². The second-order valence-electron chi connectivity index (χ2n) is 6.53. The number of hydrogen-bond acceptors (Lipinski definition) is 5. The molecule has 1 aliphatic rings. The molecule has 3 rings (SSSR count). The van der Waals surface area contributed by atoms with E-state index in [-0.39, 0.29) is 42.2 Å². The number of para-hydroxylation sites is 2. The molecule has 1 heterocycles. The zero-order chi connectivity index (χ0) is 18.5. The first-order valence-corrected chi connectivity index (χ1v) is 8.59. The van der Waals surface area contributed by atoms with E-state index in [2.05, 4.69) is 22.3 Å². The Morgan fingerprint density at radius 3 is 2.48 bits per heavy atom. The summed E-state index contributed by atoms with van der Waals surface area (Å²) >= 11 is 0. The number of nitrogens with two attached hydrogens (primary N) is 1. The highest BCUT2D eigenvalue weighted by Gasteiger charge is 2.33. The number of anilines is 1. The molecule has 0 radical (unpaired) electrons. The maximum absolute atomic E-state index is 12.4. The van der Waals surface area contributed by atoms with Gasteiger partial charge in [-0.2, -0.15) is 0 Å². The molecule has 2 atom stereocenters. The number of rotatable bonds is 6. The molecule has 0 aliphatic carbocycles. The second kappa shape index (κ2) is 9.45. The molecule has 27 heavy (non-hydrogen) atoms. The molecule has 7 nitrogen and oxygen atoms in total. The van der Waals surface area contributed by atoms with Gasteiger partial charge in [-0.3, -0.25) is 19.8 Å². The van der Waals surface area contributed by atoms with Crippen LogP contribution in [0.2, 0.25) is 0 Å². The number of hydrogen-bond donors (Lipinski definition) is 2. The van der Waals surface area contributed by atoms with Gasteiger partial charge < -0.3 is 11.1 Å². The van der Waals surface area contributed by atoms with Crippen molar-refractivity contribution in [2.45, 2.75) is 5.92 Å². The average Bonchev–Trinajstić information content (AvgIpc) is 3.05. The van der Waals surface area contributed by atoms with E-state index >= 15 is 0 Å². The number of benzene rings is 2. The lowest BCUT2D eigenvalue weighted by Crippen LogP contribution is -2.32. The van der Waals surface area contributed by atoms with Gasteiger partial charge in [0.15, 0.2) is 0 Å². The van der Waals surface area contributed by atoms with Crippen molar-refractivity contribution in [1.82, 2.24) is 4.90 Å². The number of halogens is 1. The first-order valence-electron chi connectivity index (χ1n) is 8.59. The van der Waals surface area contributed by atoms with E-state index in [1.165, 1.54) is 17.7 Å². The molecular formula is C19H23ClN4O3. The van der Waals surface area contributed by atoms with Gasteiger partial charge in [0.25, 0.3) is 5.69 Å². The van der Waals surface area contributed by atoms with Gasteiger partial charge in [-0.1, -0.05) is 42.5 Å². The third-order valence-corrected chi connectivity index (χ3v) is 4.79. The van der Waals surface area contributed by atoms with E-state index in [0.717, 1.165) is 13.1 Å². The molecule has 0 saturated carbocycles. The molecule has 3 N–H and O–H groups in total. The normalized spacial score (nSPS) is 19.3. The molecule has 144 valence electrons. The Hall–Kier alpha value is -2.48. The summed E-state index contributed by atoms with van der Waals surface area (Å²) in [6.07, 6.45) is 0. The van der Waals surface area contributed by atoms with Crippen LogP contribution >= 0.6 is 12.4 Å². The van der Waals surface area contributed by atoms with Crippen molar-refractivity contribution in [3.05, 3.63) is 70.3 Å². The average molecular weight is 391 g/mol. The number of nitrogens with zero attached hydrogens (tertiary/aromatic N) is 2. The minimum absolute atomic E-state index is 0. The lowest BCUT2D eigenvalue weighted by molar-refractivity contribution is -0.383. The number of carbonyl (C=O) groups is 1. The predicted octanol–water partition coefficient (Wildman–Crippen LogP) is 2.63. The number of carbonyl (C=O) groups excluding carboxylic acids is 1. The van der Waals surface area contributed by atoms with E-state index in [1.807, 2.05) is 18.2 Å². The molecule has 2 aromatic carbocycles. The Kier molecular flexibility index (Phi) is 7.29. The SMILES string of the molecule is Cl.NC[C@@H]1CN(CC(=O)Nc2ccccc2[N+](=O)[O-])C[C@H]1c1ccccc1. The van der Waals surface area contributed by atoms with Crippen molar-refractivity contribution in [1.29, 1.82) is 0 Å². The summed E-state index contributed by atoms with van der Waals surface area (Å²) < 4.78 is 0. The Morgan fingerprint density at radius 1 is 1.15 bits per heavy atom. The van der Waals surface area contributed by atoms with Gasteiger partial charge >= 0.3 is 0 Å². The topological polar surface area (TPSA) is 102 Å². The van der Waals surface area contributed by atoms with E-state index in [1.54, 1.807) is 12.1 Å². The van der Waals surface area contributed by atoms with E-state index < -0.39 is 4.92 Å². The minimum atomic E-state index is -0.499. The fourth-order valence-corrected chi connectivity index (χ4v) is 3.54. The standard InChI is InChI=1S/C19H22N4O3.ClH/c20-10-15-11-22(12-16(15)14-6-2-1-3-7-14)13-19(24)21-17-8-4-5-9-18(17)23(25)26;/h1-9,15-16H,10-13,20H2,(H,21,24);1H/t15-,16+;/m1./s1. The van der Waals surface area contributed by atoms with Gasteiger partial charge in [-0.05, 0) is 24.1 Å². The number of amides is 1. The van der Waals surface area contributed by atoms with Crippen molar-refractivity contribution in [3.63, 3.8) is 0 Å². The molecule has 8 heteroatoms. The number of nitrogens with one attached hydrogen (secondary N) is 1. The summed E-state index contributed by atoms with van der Waals surface area (Å²) in [6.45, 7) is 2.23. The second-order valence-corrected chi connectivity index (χ2v) is 6.53. The Balaban J connectivity index is 0.00000261.